The van der Waals surface area contributed by atoms with E-state index in [1.54, 1.807) is 6.26 Å². The molecule has 3 rings (SSSR count). The van der Waals surface area contributed by atoms with Gasteiger partial charge in [-0.3, -0.25) is 0 Å². The van der Waals surface area contributed by atoms with E-state index in [4.69, 9.17) is 23.0 Å². The fourth-order valence-electron chi connectivity index (χ4n) is 3.49. The molecule has 0 N–H and O–H groups in total. The number of aryl methyl sites for hydroxylation is 1. The van der Waals surface area contributed by atoms with E-state index < -0.39 is 0 Å². The van der Waals surface area contributed by atoms with Crippen LogP contribution in [0.5, 0.6) is 0 Å². The van der Waals surface area contributed by atoms with Gasteiger partial charge in [-0.25, -0.2) is 0 Å². The van der Waals surface area contributed by atoms with Gasteiger partial charge in [-0.2, -0.15) is 0 Å². The molecule has 2 aliphatic rings. The summed E-state index contributed by atoms with van der Waals surface area (Å²) in [5.74, 6) is 0.997. The van der Waals surface area contributed by atoms with E-state index in [-0.39, 0.29) is 42.4 Å². The minimum Gasteiger partial charge on any atom is -0.469 e. The maximum Gasteiger partial charge on any atom is 0.458 e. The molecule has 0 bridgehead atoms. The first-order chi connectivity index (χ1) is 12.3. The first-order valence-electron chi connectivity index (χ1n) is 10.1. The van der Waals surface area contributed by atoms with E-state index in [0.29, 0.717) is 0 Å². The third-order valence-electron chi connectivity index (χ3n) is 6.78. The molecule has 0 radical (unpaired) electrons. The number of furan rings is 1. The van der Waals surface area contributed by atoms with Crippen molar-refractivity contribution in [3.05, 3.63) is 24.2 Å². The van der Waals surface area contributed by atoms with Crippen LogP contribution in [0.25, 0.3) is 0 Å². The fourth-order valence-corrected chi connectivity index (χ4v) is 3.49. The second-order valence-electron chi connectivity index (χ2n) is 9.88. The average molecular weight is 376 g/mol. The van der Waals surface area contributed by atoms with Crippen molar-refractivity contribution in [2.45, 2.75) is 103 Å². The van der Waals surface area contributed by atoms with Crippen molar-refractivity contribution in [1.82, 2.24) is 0 Å². The summed E-state index contributed by atoms with van der Waals surface area (Å²) >= 11 is 0. The second kappa shape index (κ2) is 6.94. The maximum absolute atomic E-state index is 6.36. The van der Waals surface area contributed by atoms with Crippen LogP contribution in [0.15, 0.2) is 22.8 Å². The van der Waals surface area contributed by atoms with Crippen LogP contribution in [0, 0.1) is 0 Å². The maximum atomic E-state index is 6.36. The minimum atomic E-state index is -0.374. The van der Waals surface area contributed by atoms with Crippen molar-refractivity contribution in [1.29, 1.82) is 0 Å². The zero-order chi connectivity index (χ0) is 20.1. The lowest BCUT2D eigenvalue weighted by Crippen LogP contribution is -2.41. The Hall–Kier alpha value is -0.750. The fraction of sp³-hybridized carbons (Fsp3) is 0.800. The molecule has 2 aliphatic heterocycles. The van der Waals surface area contributed by atoms with Crippen molar-refractivity contribution >= 4 is 14.2 Å². The highest BCUT2D eigenvalue weighted by Crippen LogP contribution is 2.46. The lowest BCUT2D eigenvalue weighted by Gasteiger charge is -2.32. The van der Waals surface area contributed by atoms with Gasteiger partial charge in [0.1, 0.15) is 5.76 Å². The predicted octanol–water partition coefficient (Wildman–Crippen LogP) is 4.70. The van der Waals surface area contributed by atoms with Crippen LogP contribution in [-0.4, -0.2) is 36.6 Å². The number of hydrogen-bond donors (Lipinski definition) is 0. The van der Waals surface area contributed by atoms with Gasteiger partial charge >= 0.3 is 14.2 Å². The van der Waals surface area contributed by atoms with E-state index in [2.05, 4.69) is 55.4 Å². The van der Waals surface area contributed by atoms with Gasteiger partial charge in [0.25, 0.3) is 0 Å². The van der Waals surface area contributed by atoms with Crippen molar-refractivity contribution in [3.63, 3.8) is 0 Å². The van der Waals surface area contributed by atoms with Gasteiger partial charge in [0.15, 0.2) is 0 Å². The summed E-state index contributed by atoms with van der Waals surface area (Å²) in [6.07, 6.45) is 4.42. The van der Waals surface area contributed by atoms with Crippen molar-refractivity contribution < 1.29 is 23.0 Å². The Morgan fingerprint density at radius 3 is 1.59 bits per heavy atom. The van der Waals surface area contributed by atoms with Crippen LogP contribution in [0.4, 0.5) is 0 Å². The monoisotopic (exact) mass is 376 g/mol. The normalized spacial score (nSPS) is 25.5. The van der Waals surface area contributed by atoms with Crippen molar-refractivity contribution in [2.24, 2.45) is 0 Å². The molecule has 7 heteroatoms. The summed E-state index contributed by atoms with van der Waals surface area (Å²) < 4.78 is 30.9. The van der Waals surface area contributed by atoms with Crippen LogP contribution < -0.4 is 0 Å². The summed E-state index contributed by atoms with van der Waals surface area (Å²) in [6, 6.07) is 3.94. The molecular weight excluding hydrogens is 342 g/mol. The largest absolute Gasteiger partial charge is 0.469 e. The van der Waals surface area contributed by atoms with E-state index >= 15 is 0 Å². The summed E-state index contributed by atoms with van der Waals surface area (Å²) in [5.41, 5.74) is -1.51. The Balaban J connectivity index is 1.75. The molecule has 0 spiro atoms. The highest BCUT2D eigenvalue weighted by molar-refractivity contribution is 6.68. The van der Waals surface area contributed by atoms with Crippen LogP contribution in [-0.2, 0) is 25.0 Å². The van der Waals surface area contributed by atoms with Crippen LogP contribution in [0.3, 0.4) is 0 Å². The smallest absolute Gasteiger partial charge is 0.458 e. The summed E-state index contributed by atoms with van der Waals surface area (Å²) in [6.45, 7) is 16.6. The highest BCUT2D eigenvalue weighted by Gasteiger charge is 2.61. The first-order valence-corrected chi connectivity index (χ1v) is 10.1. The molecule has 2 saturated heterocycles. The van der Waals surface area contributed by atoms with Crippen LogP contribution in [0.2, 0.25) is 5.72 Å². The average Bonchev–Trinajstić information content (AvgIpc) is 3.13. The lowest BCUT2D eigenvalue weighted by molar-refractivity contribution is 0.00578. The van der Waals surface area contributed by atoms with E-state index in [9.17, 15) is 0 Å². The summed E-state index contributed by atoms with van der Waals surface area (Å²) in [7, 11) is -0.720. The first kappa shape index (κ1) is 21.0. The molecule has 150 valence electrons. The molecule has 1 aromatic heterocycles. The van der Waals surface area contributed by atoms with Gasteiger partial charge in [0.2, 0.25) is 0 Å². The van der Waals surface area contributed by atoms with Gasteiger partial charge in [-0.05, 0) is 73.9 Å². The molecular formula is C20H34B2O5. The molecule has 0 saturated carbocycles. The third-order valence-corrected chi connectivity index (χ3v) is 6.78. The van der Waals surface area contributed by atoms with Gasteiger partial charge in [0.05, 0.1) is 28.7 Å². The Labute approximate surface area is 164 Å². The lowest BCUT2D eigenvalue weighted by atomic mass is 9.50. The molecule has 2 fully saturated rings. The van der Waals surface area contributed by atoms with Crippen molar-refractivity contribution in [2.75, 3.05) is 0 Å². The molecule has 0 amide bonds. The zero-order valence-corrected chi connectivity index (χ0v) is 18.1. The van der Waals surface area contributed by atoms with Gasteiger partial charge in [-0.1, -0.05) is 6.42 Å². The Morgan fingerprint density at radius 2 is 1.22 bits per heavy atom. The van der Waals surface area contributed by atoms with Gasteiger partial charge < -0.3 is 23.0 Å². The summed E-state index contributed by atoms with van der Waals surface area (Å²) in [4.78, 5) is 0. The molecule has 0 aliphatic carbocycles. The minimum absolute atomic E-state index is 0.0120. The predicted molar refractivity (Wildman–Crippen MR) is 108 cm³/mol. The molecule has 3 heterocycles. The topological polar surface area (TPSA) is 50.1 Å². The van der Waals surface area contributed by atoms with Crippen LogP contribution in [0.1, 0.15) is 74.0 Å². The quantitative estimate of drug-likeness (QED) is 0.674. The van der Waals surface area contributed by atoms with E-state index in [1.165, 1.54) is 0 Å². The molecule has 1 aromatic rings. The van der Waals surface area contributed by atoms with Crippen molar-refractivity contribution in [3.8, 4) is 0 Å². The Kier molecular flexibility index (Phi) is 5.39. The SMILES string of the molecule is CC1(C)OB(C(CCCc2ccco2)B2OC(C)(C)C(C)(C)O2)OC1(C)C. The number of rotatable bonds is 6. The molecule has 0 unspecified atom stereocenters. The van der Waals surface area contributed by atoms with E-state index in [0.717, 1.165) is 25.0 Å². The number of hydrogen-bond acceptors (Lipinski definition) is 5. The third kappa shape index (κ3) is 4.02. The molecule has 0 atom stereocenters. The van der Waals surface area contributed by atoms with Gasteiger partial charge in [-0.15, -0.1) is 0 Å². The van der Waals surface area contributed by atoms with Crippen LogP contribution >= 0.6 is 0 Å². The molecule has 27 heavy (non-hydrogen) atoms. The Morgan fingerprint density at radius 1 is 0.778 bits per heavy atom. The van der Waals surface area contributed by atoms with E-state index in [1.807, 2.05) is 12.1 Å². The Bertz CT molecular complexity index is 571. The van der Waals surface area contributed by atoms with Gasteiger partial charge in [0, 0.05) is 12.1 Å². The second-order valence-corrected chi connectivity index (χ2v) is 9.88. The molecule has 5 nitrogen and oxygen atoms in total. The highest BCUT2D eigenvalue weighted by atomic mass is 16.7. The standard InChI is InChI=1S/C20H34B2O5/c1-17(2)18(3,4)25-21(24-17)16(13-9-11-15-12-10-14-23-15)22-26-19(5,6)20(7,8)27-22/h10,12,14,16H,9,11,13H2,1-8H3. The zero-order valence-electron chi connectivity index (χ0n) is 18.1. The molecule has 0 aromatic carbocycles. The summed E-state index contributed by atoms with van der Waals surface area (Å²) in [5, 5.41) is 0.